The number of aliphatic hydroxyl groups is 1. The molecule has 4 nitrogen and oxygen atoms in total. The van der Waals surface area contributed by atoms with Gasteiger partial charge in [0.1, 0.15) is 6.61 Å². The average molecular weight is 324 g/mol. The van der Waals surface area contributed by atoms with Gasteiger partial charge in [-0.15, -0.1) is 10.2 Å². The standard InChI is InChI=1S/C14H18BrN3O/c1-9(2)7-18-13(8-19)16-17-14(18)11-5-4-6-12(15)10(11)3/h4-6,9,19H,7-8H2,1-3H3. The fraction of sp³-hybridized carbons (Fsp3) is 0.429. The molecule has 0 saturated carbocycles. The monoisotopic (exact) mass is 323 g/mol. The zero-order chi connectivity index (χ0) is 14.0. The smallest absolute Gasteiger partial charge is 0.164 e. The third-order valence-electron chi connectivity index (χ3n) is 3.03. The van der Waals surface area contributed by atoms with Crippen LogP contribution in [0.1, 0.15) is 25.2 Å². The Balaban J connectivity index is 2.55. The van der Waals surface area contributed by atoms with Crippen LogP contribution in [-0.2, 0) is 13.2 Å². The molecule has 0 spiro atoms. The molecule has 5 heteroatoms. The molecule has 1 aromatic carbocycles. The van der Waals surface area contributed by atoms with Crippen molar-refractivity contribution in [3.63, 3.8) is 0 Å². The Kier molecular flexibility index (Phi) is 4.37. The number of benzene rings is 1. The van der Waals surface area contributed by atoms with E-state index in [1.54, 1.807) is 0 Å². The van der Waals surface area contributed by atoms with Gasteiger partial charge in [0, 0.05) is 16.6 Å². The summed E-state index contributed by atoms with van der Waals surface area (Å²) in [5.74, 6) is 1.90. The van der Waals surface area contributed by atoms with Crippen molar-refractivity contribution in [1.82, 2.24) is 14.8 Å². The lowest BCUT2D eigenvalue weighted by atomic mass is 10.1. The number of aromatic nitrogens is 3. The summed E-state index contributed by atoms with van der Waals surface area (Å²) < 4.78 is 3.05. The number of hydrogen-bond donors (Lipinski definition) is 1. The average Bonchev–Trinajstić information content (AvgIpc) is 2.75. The summed E-state index contributed by atoms with van der Waals surface area (Å²) in [5.41, 5.74) is 2.17. The van der Waals surface area contributed by atoms with Crippen LogP contribution in [0.25, 0.3) is 11.4 Å². The molecule has 102 valence electrons. The molecule has 0 aliphatic rings. The van der Waals surface area contributed by atoms with Gasteiger partial charge in [-0.3, -0.25) is 0 Å². The minimum Gasteiger partial charge on any atom is -0.388 e. The first-order valence-electron chi connectivity index (χ1n) is 6.33. The van der Waals surface area contributed by atoms with E-state index in [-0.39, 0.29) is 6.61 Å². The second kappa shape index (κ2) is 5.84. The van der Waals surface area contributed by atoms with Crippen molar-refractivity contribution in [1.29, 1.82) is 0 Å². The Bertz CT molecular complexity index is 578. The summed E-state index contributed by atoms with van der Waals surface area (Å²) >= 11 is 3.54. The summed E-state index contributed by atoms with van der Waals surface area (Å²) in [7, 11) is 0. The van der Waals surface area contributed by atoms with Crippen molar-refractivity contribution in [3.8, 4) is 11.4 Å². The number of halogens is 1. The van der Waals surface area contributed by atoms with Gasteiger partial charge in [-0.2, -0.15) is 0 Å². The van der Waals surface area contributed by atoms with Crippen LogP contribution in [0, 0.1) is 12.8 Å². The molecule has 19 heavy (non-hydrogen) atoms. The van der Waals surface area contributed by atoms with Crippen LogP contribution < -0.4 is 0 Å². The van der Waals surface area contributed by atoms with E-state index in [0.717, 1.165) is 28.0 Å². The molecule has 0 amide bonds. The van der Waals surface area contributed by atoms with E-state index in [4.69, 9.17) is 0 Å². The highest BCUT2D eigenvalue weighted by Gasteiger charge is 2.16. The van der Waals surface area contributed by atoms with E-state index < -0.39 is 0 Å². The summed E-state index contributed by atoms with van der Waals surface area (Å²) in [6, 6.07) is 6.02. The summed E-state index contributed by atoms with van der Waals surface area (Å²) in [6.45, 7) is 7.03. The van der Waals surface area contributed by atoms with Gasteiger partial charge in [0.2, 0.25) is 0 Å². The van der Waals surface area contributed by atoms with Crippen molar-refractivity contribution in [2.24, 2.45) is 5.92 Å². The predicted molar refractivity (Wildman–Crippen MR) is 78.7 cm³/mol. The van der Waals surface area contributed by atoms with E-state index in [2.05, 4.69) is 40.0 Å². The maximum atomic E-state index is 9.38. The highest BCUT2D eigenvalue weighted by atomic mass is 79.9. The predicted octanol–water partition coefficient (Wildman–Crippen LogP) is 3.16. The number of rotatable bonds is 4. The Morgan fingerprint density at radius 2 is 2.05 bits per heavy atom. The third-order valence-corrected chi connectivity index (χ3v) is 3.88. The molecule has 0 bridgehead atoms. The molecule has 0 atom stereocenters. The van der Waals surface area contributed by atoms with Crippen molar-refractivity contribution in [2.45, 2.75) is 33.9 Å². The second-order valence-electron chi connectivity index (χ2n) is 5.01. The summed E-state index contributed by atoms with van der Waals surface area (Å²) in [5, 5.41) is 17.7. The molecule has 1 heterocycles. The Morgan fingerprint density at radius 3 is 2.68 bits per heavy atom. The fourth-order valence-corrected chi connectivity index (χ4v) is 2.42. The molecular weight excluding hydrogens is 306 g/mol. The summed E-state index contributed by atoms with van der Waals surface area (Å²) in [4.78, 5) is 0. The lowest BCUT2D eigenvalue weighted by Crippen LogP contribution is -2.10. The van der Waals surface area contributed by atoms with Crippen LogP contribution in [0.2, 0.25) is 0 Å². The van der Waals surface area contributed by atoms with Gasteiger partial charge >= 0.3 is 0 Å². The maximum absolute atomic E-state index is 9.38. The molecule has 0 aliphatic heterocycles. The maximum Gasteiger partial charge on any atom is 0.164 e. The van der Waals surface area contributed by atoms with Crippen molar-refractivity contribution in [3.05, 3.63) is 34.1 Å². The van der Waals surface area contributed by atoms with Gasteiger partial charge in [-0.1, -0.05) is 41.9 Å². The summed E-state index contributed by atoms with van der Waals surface area (Å²) in [6.07, 6.45) is 0. The van der Waals surface area contributed by atoms with E-state index >= 15 is 0 Å². The molecule has 1 aromatic heterocycles. The van der Waals surface area contributed by atoms with Crippen LogP contribution in [0.3, 0.4) is 0 Å². The van der Waals surface area contributed by atoms with E-state index in [9.17, 15) is 5.11 Å². The zero-order valence-corrected chi connectivity index (χ0v) is 13.0. The molecule has 0 aliphatic carbocycles. The van der Waals surface area contributed by atoms with Crippen LogP contribution in [0.15, 0.2) is 22.7 Å². The normalized spacial score (nSPS) is 11.3. The third kappa shape index (κ3) is 2.87. The number of hydrogen-bond acceptors (Lipinski definition) is 3. The van der Waals surface area contributed by atoms with Gasteiger partial charge < -0.3 is 9.67 Å². The van der Waals surface area contributed by atoms with Crippen molar-refractivity contribution >= 4 is 15.9 Å². The van der Waals surface area contributed by atoms with E-state index in [1.807, 2.05) is 29.7 Å². The Morgan fingerprint density at radius 1 is 1.32 bits per heavy atom. The molecule has 0 unspecified atom stereocenters. The van der Waals surface area contributed by atoms with Gasteiger partial charge in [-0.05, 0) is 24.5 Å². The first-order chi connectivity index (χ1) is 9.04. The molecule has 2 rings (SSSR count). The SMILES string of the molecule is Cc1c(Br)cccc1-c1nnc(CO)n1CC(C)C. The van der Waals surface area contributed by atoms with E-state index in [0.29, 0.717) is 11.7 Å². The van der Waals surface area contributed by atoms with Gasteiger partial charge in [0.15, 0.2) is 11.6 Å². The van der Waals surface area contributed by atoms with Crippen LogP contribution >= 0.6 is 15.9 Å². The molecule has 0 fully saturated rings. The van der Waals surface area contributed by atoms with Crippen LogP contribution in [0.4, 0.5) is 0 Å². The molecule has 2 aromatic rings. The lowest BCUT2D eigenvalue weighted by molar-refractivity contribution is 0.262. The zero-order valence-electron chi connectivity index (χ0n) is 11.4. The molecule has 0 radical (unpaired) electrons. The second-order valence-corrected chi connectivity index (χ2v) is 5.87. The van der Waals surface area contributed by atoms with Gasteiger partial charge in [-0.25, -0.2) is 0 Å². The molecule has 1 N–H and O–H groups in total. The molecular formula is C14H18BrN3O. The number of nitrogens with zero attached hydrogens (tertiary/aromatic N) is 3. The minimum atomic E-state index is -0.0905. The van der Waals surface area contributed by atoms with Crippen LogP contribution in [-0.4, -0.2) is 19.9 Å². The van der Waals surface area contributed by atoms with E-state index in [1.165, 1.54) is 0 Å². The van der Waals surface area contributed by atoms with Gasteiger partial charge in [0.05, 0.1) is 0 Å². The lowest BCUT2D eigenvalue weighted by Gasteiger charge is -2.13. The quantitative estimate of drug-likeness (QED) is 0.940. The van der Waals surface area contributed by atoms with Crippen molar-refractivity contribution in [2.75, 3.05) is 0 Å². The number of aliphatic hydroxyl groups excluding tert-OH is 1. The van der Waals surface area contributed by atoms with Crippen molar-refractivity contribution < 1.29 is 5.11 Å². The highest BCUT2D eigenvalue weighted by Crippen LogP contribution is 2.28. The Hall–Kier alpha value is -1.20. The topological polar surface area (TPSA) is 50.9 Å². The van der Waals surface area contributed by atoms with Gasteiger partial charge in [0.25, 0.3) is 0 Å². The fourth-order valence-electron chi connectivity index (χ4n) is 2.06. The minimum absolute atomic E-state index is 0.0905. The largest absolute Gasteiger partial charge is 0.388 e. The Labute approximate surface area is 121 Å². The highest BCUT2D eigenvalue weighted by molar-refractivity contribution is 9.10. The first kappa shape index (κ1) is 14.2. The first-order valence-corrected chi connectivity index (χ1v) is 7.12. The van der Waals surface area contributed by atoms with Crippen LogP contribution in [0.5, 0.6) is 0 Å². The molecule has 0 saturated heterocycles.